The fourth-order valence-electron chi connectivity index (χ4n) is 1.24. The number of rotatable bonds is 3. The second-order valence-electron chi connectivity index (χ2n) is 3.26. The molecule has 0 radical (unpaired) electrons. The molecule has 0 amide bonds. The van der Waals surface area contributed by atoms with Crippen LogP contribution in [0.25, 0.3) is 0 Å². The predicted octanol–water partition coefficient (Wildman–Crippen LogP) is 2.69. The molecular formula is C10H7BrClN3O2S. The summed E-state index contributed by atoms with van der Waals surface area (Å²) in [4.78, 5) is 7.57. The summed E-state index contributed by atoms with van der Waals surface area (Å²) in [7, 11) is -3.71. The summed E-state index contributed by atoms with van der Waals surface area (Å²) in [5.74, 6) is 0.116. The van der Waals surface area contributed by atoms with Crippen molar-refractivity contribution >= 4 is 43.4 Å². The van der Waals surface area contributed by atoms with Crippen molar-refractivity contribution in [3.05, 3.63) is 46.3 Å². The molecule has 1 N–H and O–H groups in total. The number of aromatic nitrogens is 2. The van der Waals surface area contributed by atoms with Crippen LogP contribution in [0.15, 0.2) is 46.0 Å². The Bertz CT molecular complexity index is 678. The van der Waals surface area contributed by atoms with E-state index in [0.717, 1.165) is 0 Å². The van der Waals surface area contributed by atoms with Crippen LogP contribution >= 0.6 is 27.5 Å². The summed E-state index contributed by atoms with van der Waals surface area (Å²) in [5.41, 5.74) is 0. The molecule has 1 aromatic carbocycles. The SMILES string of the molecule is O=S(=O)(Nc1cc(Cl)ncn1)c1ccccc1Br. The number of nitrogens with one attached hydrogen (secondary N) is 1. The van der Waals surface area contributed by atoms with Gasteiger partial charge in [-0.15, -0.1) is 0 Å². The third-order valence-corrected chi connectivity index (χ3v) is 4.57. The molecule has 0 aliphatic rings. The molecule has 0 saturated heterocycles. The third-order valence-electron chi connectivity index (χ3n) is 2.00. The number of halogens is 2. The van der Waals surface area contributed by atoms with E-state index in [9.17, 15) is 8.42 Å². The largest absolute Gasteiger partial charge is 0.264 e. The molecule has 2 aromatic rings. The Hall–Kier alpha value is -1.18. The van der Waals surface area contributed by atoms with Gasteiger partial charge in [-0.25, -0.2) is 18.4 Å². The molecule has 1 heterocycles. The Kier molecular flexibility index (Phi) is 3.84. The van der Waals surface area contributed by atoms with Gasteiger partial charge in [0.2, 0.25) is 0 Å². The molecule has 1 aromatic heterocycles. The van der Waals surface area contributed by atoms with Crippen LogP contribution in [-0.4, -0.2) is 18.4 Å². The number of hydrogen-bond acceptors (Lipinski definition) is 4. The highest BCUT2D eigenvalue weighted by Gasteiger charge is 2.17. The third kappa shape index (κ3) is 2.98. The van der Waals surface area contributed by atoms with Gasteiger partial charge in [0.25, 0.3) is 10.0 Å². The van der Waals surface area contributed by atoms with Crippen molar-refractivity contribution in [2.75, 3.05) is 4.72 Å². The molecule has 5 nitrogen and oxygen atoms in total. The van der Waals surface area contributed by atoms with Crippen LogP contribution in [0.4, 0.5) is 5.82 Å². The lowest BCUT2D eigenvalue weighted by atomic mass is 10.4. The van der Waals surface area contributed by atoms with Crippen molar-refractivity contribution in [2.24, 2.45) is 0 Å². The summed E-state index contributed by atoms with van der Waals surface area (Å²) in [6, 6.07) is 7.81. The van der Waals surface area contributed by atoms with Gasteiger partial charge in [-0.1, -0.05) is 23.7 Å². The summed E-state index contributed by atoms with van der Waals surface area (Å²) in [6.07, 6.45) is 1.18. The Balaban J connectivity index is 2.37. The molecule has 94 valence electrons. The average molecular weight is 349 g/mol. The monoisotopic (exact) mass is 347 g/mol. The van der Waals surface area contributed by atoms with Crippen LogP contribution < -0.4 is 4.72 Å². The van der Waals surface area contributed by atoms with Gasteiger partial charge in [0.1, 0.15) is 22.2 Å². The van der Waals surface area contributed by atoms with E-state index < -0.39 is 10.0 Å². The molecule has 18 heavy (non-hydrogen) atoms. The quantitative estimate of drug-likeness (QED) is 0.866. The molecule has 0 fully saturated rings. The normalized spacial score (nSPS) is 11.2. The van der Waals surface area contributed by atoms with Crippen LogP contribution in [-0.2, 0) is 10.0 Å². The van der Waals surface area contributed by atoms with E-state index in [1.54, 1.807) is 18.2 Å². The van der Waals surface area contributed by atoms with Gasteiger partial charge >= 0.3 is 0 Å². The Morgan fingerprint density at radius 3 is 2.61 bits per heavy atom. The molecule has 2 rings (SSSR count). The molecule has 0 saturated carbocycles. The standard InChI is InChI=1S/C10H7BrClN3O2S/c11-7-3-1-2-4-8(7)18(16,17)15-10-5-9(12)13-6-14-10/h1-6H,(H,13,14,15). The van der Waals surface area contributed by atoms with Crippen molar-refractivity contribution in [1.29, 1.82) is 0 Å². The number of sulfonamides is 1. The predicted molar refractivity (Wildman–Crippen MR) is 72.0 cm³/mol. The molecule has 0 unspecified atom stereocenters. The molecule has 0 spiro atoms. The number of benzene rings is 1. The number of anilines is 1. The van der Waals surface area contributed by atoms with E-state index in [1.807, 2.05) is 0 Å². The van der Waals surface area contributed by atoms with Gasteiger partial charge < -0.3 is 0 Å². The Morgan fingerprint density at radius 2 is 1.94 bits per heavy atom. The number of nitrogens with zero attached hydrogens (tertiary/aromatic N) is 2. The van der Waals surface area contributed by atoms with Crippen molar-refractivity contribution in [3.8, 4) is 0 Å². The molecule has 0 aliphatic heterocycles. The van der Waals surface area contributed by atoms with Crippen molar-refractivity contribution in [2.45, 2.75) is 4.90 Å². The van der Waals surface area contributed by atoms with Crippen LogP contribution in [0.5, 0.6) is 0 Å². The topological polar surface area (TPSA) is 72.0 Å². The molecule has 0 bridgehead atoms. The highest BCUT2D eigenvalue weighted by Crippen LogP contribution is 2.23. The van der Waals surface area contributed by atoms with E-state index in [-0.39, 0.29) is 15.9 Å². The summed E-state index contributed by atoms with van der Waals surface area (Å²) in [6.45, 7) is 0. The zero-order chi connectivity index (χ0) is 13.2. The summed E-state index contributed by atoms with van der Waals surface area (Å²) in [5, 5.41) is 0.162. The fraction of sp³-hybridized carbons (Fsp3) is 0. The van der Waals surface area contributed by atoms with Gasteiger partial charge in [0.15, 0.2) is 0 Å². The van der Waals surface area contributed by atoms with Gasteiger partial charge in [-0.05, 0) is 28.1 Å². The fourth-order valence-corrected chi connectivity index (χ4v) is 3.40. The number of hydrogen-bond donors (Lipinski definition) is 1. The van der Waals surface area contributed by atoms with Gasteiger partial charge in [-0.2, -0.15) is 0 Å². The van der Waals surface area contributed by atoms with Crippen LogP contribution in [0.2, 0.25) is 5.15 Å². The Morgan fingerprint density at radius 1 is 1.22 bits per heavy atom. The zero-order valence-corrected chi connectivity index (χ0v) is 12.0. The van der Waals surface area contributed by atoms with Crippen LogP contribution in [0.3, 0.4) is 0 Å². The smallest absolute Gasteiger partial charge is 0.263 e. The van der Waals surface area contributed by atoms with Crippen LogP contribution in [0.1, 0.15) is 0 Å². The van der Waals surface area contributed by atoms with Gasteiger partial charge in [-0.3, -0.25) is 4.72 Å². The first kappa shape index (κ1) is 13.3. The summed E-state index contributed by atoms with van der Waals surface area (Å²) >= 11 is 8.84. The first-order valence-electron chi connectivity index (χ1n) is 4.74. The second-order valence-corrected chi connectivity index (χ2v) is 6.15. The lowest BCUT2D eigenvalue weighted by molar-refractivity contribution is 0.600. The van der Waals surface area contributed by atoms with Crippen LogP contribution in [0, 0.1) is 0 Å². The highest BCUT2D eigenvalue weighted by atomic mass is 79.9. The van der Waals surface area contributed by atoms with Gasteiger partial charge in [0.05, 0.1) is 0 Å². The average Bonchev–Trinajstić information content (AvgIpc) is 2.28. The summed E-state index contributed by atoms with van der Waals surface area (Å²) < 4.78 is 27.0. The van der Waals surface area contributed by atoms with Crippen molar-refractivity contribution < 1.29 is 8.42 Å². The molecule has 0 atom stereocenters. The molecule has 0 aliphatic carbocycles. The first-order chi connectivity index (χ1) is 8.49. The van der Waals surface area contributed by atoms with E-state index >= 15 is 0 Å². The second kappa shape index (κ2) is 5.21. The van der Waals surface area contributed by atoms with E-state index in [4.69, 9.17) is 11.6 Å². The van der Waals surface area contributed by atoms with E-state index in [1.165, 1.54) is 18.5 Å². The maximum Gasteiger partial charge on any atom is 0.264 e. The maximum atomic E-state index is 12.1. The zero-order valence-electron chi connectivity index (χ0n) is 8.84. The minimum absolute atomic E-state index is 0.116. The molecule has 8 heteroatoms. The van der Waals surface area contributed by atoms with Crippen molar-refractivity contribution in [3.63, 3.8) is 0 Å². The molecular weight excluding hydrogens is 342 g/mol. The maximum absolute atomic E-state index is 12.1. The lowest BCUT2D eigenvalue weighted by Gasteiger charge is -2.08. The highest BCUT2D eigenvalue weighted by molar-refractivity contribution is 9.10. The van der Waals surface area contributed by atoms with E-state index in [0.29, 0.717) is 4.47 Å². The lowest BCUT2D eigenvalue weighted by Crippen LogP contribution is -2.14. The minimum Gasteiger partial charge on any atom is -0.263 e. The Labute approximate surface area is 117 Å². The van der Waals surface area contributed by atoms with E-state index in [2.05, 4.69) is 30.6 Å². The van der Waals surface area contributed by atoms with Gasteiger partial charge in [0, 0.05) is 10.5 Å². The minimum atomic E-state index is -3.71. The first-order valence-corrected chi connectivity index (χ1v) is 7.39. The van der Waals surface area contributed by atoms with Crippen molar-refractivity contribution in [1.82, 2.24) is 9.97 Å².